The lowest BCUT2D eigenvalue weighted by Gasteiger charge is -2.35. The molecule has 7 amide bonds. The molecule has 8 N–H and O–H groups in total. The standard InChI is InChI=1S/C52H75N7O14/c1-11-28(5)41-48(66)58-44-35-18-21-36(22-19-35)72-31(8)34(12-2)20-23-39(61)53-25-40(62)71-26-37(52(70)73-32(9)43(50(68)55-41)57-46(64)29(6)45(63)27(3)4)54-49(67)42(30(7)60)56-47(65)38(59(10)51(44)69)24-33-16-14-13-15-17-33/h13-18,20-21,23,27-32,34,37-38,41-45,60,63H,11-12,19,22,24-26H2,1-10H3,(H,53,61)(H,54,67)(H,55,68)(H,56,65)(H,57,64)(H,58,66)/b23-20+/t28-,29+,30+,31+,32+,34?,37-,38-,41+,42+,43-,44-,45+/m0/s1. The summed E-state index contributed by atoms with van der Waals surface area (Å²) < 4.78 is 17.5. The molecule has 1 aromatic rings. The van der Waals surface area contributed by atoms with Crippen LogP contribution in [0.3, 0.4) is 0 Å². The van der Waals surface area contributed by atoms with Crippen LogP contribution in [0.5, 0.6) is 0 Å². The summed E-state index contributed by atoms with van der Waals surface area (Å²) >= 11 is 0. The van der Waals surface area contributed by atoms with Gasteiger partial charge in [-0.2, -0.15) is 0 Å². The molecule has 1 saturated heterocycles. The molecule has 13 atom stereocenters. The van der Waals surface area contributed by atoms with E-state index in [2.05, 4.69) is 31.9 Å². The van der Waals surface area contributed by atoms with Crippen LogP contribution in [0.25, 0.3) is 0 Å². The Morgan fingerprint density at radius 1 is 0.808 bits per heavy atom. The van der Waals surface area contributed by atoms with Crippen molar-refractivity contribution in [2.75, 3.05) is 20.2 Å². The summed E-state index contributed by atoms with van der Waals surface area (Å²) in [6.07, 6.45) is 2.49. The summed E-state index contributed by atoms with van der Waals surface area (Å²) in [4.78, 5) is 129. The van der Waals surface area contributed by atoms with Crippen LogP contribution >= 0.6 is 0 Å². The molecular formula is C52H75N7O14. The molecule has 0 radical (unpaired) electrons. The van der Waals surface area contributed by atoms with E-state index >= 15 is 4.79 Å². The highest BCUT2D eigenvalue weighted by molar-refractivity contribution is 5.99. The number of allylic oxidation sites excluding steroid dienone is 3. The highest BCUT2D eigenvalue weighted by Crippen LogP contribution is 2.27. The lowest BCUT2D eigenvalue weighted by atomic mass is 9.92. The second-order valence-corrected chi connectivity index (χ2v) is 19.4. The Bertz CT molecular complexity index is 2250. The zero-order valence-electron chi connectivity index (χ0n) is 43.5. The van der Waals surface area contributed by atoms with Gasteiger partial charge in [0.05, 0.1) is 23.9 Å². The predicted molar refractivity (Wildman–Crippen MR) is 266 cm³/mol. The van der Waals surface area contributed by atoms with E-state index in [4.69, 9.17) is 14.2 Å². The number of carbonyl (C=O) groups is 9. The van der Waals surface area contributed by atoms with E-state index in [1.807, 2.05) is 13.8 Å². The maximum Gasteiger partial charge on any atom is 0.332 e. The highest BCUT2D eigenvalue weighted by atomic mass is 16.6. The van der Waals surface area contributed by atoms with Crippen LogP contribution in [-0.2, 0) is 63.8 Å². The maximum atomic E-state index is 15.2. The fourth-order valence-corrected chi connectivity index (χ4v) is 8.50. The number of hydrogen-bond donors (Lipinski definition) is 8. The van der Waals surface area contributed by atoms with E-state index in [1.54, 1.807) is 76.3 Å². The number of cyclic esters (lactones) is 1. The zero-order chi connectivity index (χ0) is 54.3. The Labute approximate surface area is 427 Å². The van der Waals surface area contributed by atoms with Gasteiger partial charge in [0, 0.05) is 25.8 Å². The minimum atomic E-state index is -1.92. The fraction of sp³-hybridized carbons (Fsp3) is 0.596. The molecule has 21 heteroatoms. The highest BCUT2D eigenvalue weighted by Gasteiger charge is 2.42. The van der Waals surface area contributed by atoms with Crippen molar-refractivity contribution in [3.05, 3.63) is 71.5 Å². The summed E-state index contributed by atoms with van der Waals surface area (Å²) in [5, 5.41) is 37.3. The molecule has 5 rings (SSSR count). The number of hydrogen-bond acceptors (Lipinski definition) is 14. The third-order valence-electron chi connectivity index (χ3n) is 13.6. The van der Waals surface area contributed by atoms with Gasteiger partial charge in [-0.15, -0.1) is 0 Å². The largest absolute Gasteiger partial charge is 0.494 e. The van der Waals surface area contributed by atoms with Gasteiger partial charge in [0.15, 0.2) is 6.04 Å². The predicted octanol–water partition coefficient (Wildman–Crippen LogP) is 0.770. The average Bonchev–Trinajstić information content (AvgIpc) is 3.36. The fourth-order valence-electron chi connectivity index (χ4n) is 8.50. The van der Waals surface area contributed by atoms with Crippen LogP contribution in [0.15, 0.2) is 66.0 Å². The Hall–Kier alpha value is -6.61. The van der Waals surface area contributed by atoms with Crippen LogP contribution in [0.4, 0.5) is 0 Å². The van der Waals surface area contributed by atoms with Gasteiger partial charge in [0.1, 0.15) is 55.6 Å². The molecule has 4 bridgehead atoms. The molecule has 402 valence electrons. The number of benzene rings is 1. The van der Waals surface area contributed by atoms with Crippen LogP contribution in [0.1, 0.15) is 93.6 Å². The number of likely N-dealkylation sites (N-methyl/N-ethyl adjacent to an activating group) is 1. The van der Waals surface area contributed by atoms with Crippen LogP contribution in [0, 0.1) is 23.7 Å². The Morgan fingerprint density at radius 2 is 1.47 bits per heavy atom. The summed E-state index contributed by atoms with van der Waals surface area (Å²) in [6, 6.07) is -1.10. The Kier molecular flexibility index (Phi) is 22.2. The van der Waals surface area contributed by atoms with Gasteiger partial charge in [-0.1, -0.05) is 90.4 Å². The average molecular weight is 1020 g/mol. The number of aliphatic hydroxyl groups excluding tert-OH is 2. The molecule has 0 aromatic heterocycles. The van der Waals surface area contributed by atoms with Crippen molar-refractivity contribution in [3.8, 4) is 0 Å². The third kappa shape index (κ3) is 16.4. The summed E-state index contributed by atoms with van der Waals surface area (Å²) in [7, 11) is 1.36. The first kappa shape index (κ1) is 59.0. The SMILES string of the molecule is CCC1/C=C/C(=O)NCC(=O)OC[C@@H]2NC(=O)[C@@H]([C@@H](C)O)NC(=O)[C@H](Cc3ccccc3)N(C)C(=O)[C@@H](NC(=O)[C@@H]([C@@H](C)CC)NC(=O)[C@@H](NC(=O)[C@H](C)[C@H](O)C(C)C)[C@@H](C)OC2=O)C2=CC=C(CC2)O[C@@H]1C. The third-order valence-corrected chi connectivity index (χ3v) is 13.6. The van der Waals surface area contributed by atoms with Crippen LogP contribution in [0.2, 0.25) is 0 Å². The minimum Gasteiger partial charge on any atom is -0.494 e. The van der Waals surface area contributed by atoms with E-state index in [0.29, 0.717) is 29.7 Å². The maximum absolute atomic E-state index is 15.2. The van der Waals surface area contributed by atoms with Crippen molar-refractivity contribution < 1.29 is 67.6 Å². The van der Waals surface area contributed by atoms with Crippen molar-refractivity contribution in [3.63, 3.8) is 0 Å². The number of nitrogens with zero attached hydrogens (tertiary/aromatic N) is 1. The lowest BCUT2D eigenvalue weighted by Crippen LogP contribution is -2.62. The molecule has 1 unspecified atom stereocenters. The second-order valence-electron chi connectivity index (χ2n) is 19.4. The number of ether oxygens (including phenoxy) is 3. The van der Waals surface area contributed by atoms with Gasteiger partial charge < -0.3 is 61.2 Å². The van der Waals surface area contributed by atoms with E-state index < -0.39 is 145 Å². The summed E-state index contributed by atoms with van der Waals surface area (Å²) in [5.41, 5.74) is 1.01. The van der Waals surface area contributed by atoms with Gasteiger partial charge >= 0.3 is 11.9 Å². The van der Waals surface area contributed by atoms with Gasteiger partial charge in [-0.05, 0) is 68.7 Å². The molecule has 1 aliphatic carbocycles. The first-order valence-electron chi connectivity index (χ1n) is 25.0. The topological polar surface area (TPSA) is 297 Å². The van der Waals surface area contributed by atoms with Gasteiger partial charge in [-0.3, -0.25) is 38.4 Å². The molecule has 21 nitrogen and oxygen atoms in total. The molecule has 4 aliphatic rings. The number of amides is 7. The number of fused-ring (bicyclic) bond motifs is 11. The van der Waals surface area contributed by atoms with Gasteiger partial charge in [-0.25, -0.2) is 4.79 Å². The van der Waals surface area contributed by atoms with E-state index in [1.165, 1.54) is 33.9 Å². The monoisotopic (exact) mass is 1020 g/mol. The Balaban J connectivity index is 2.00. The van der Waals surface area contributed by atoms with Crippen LogP contribution < -0.4 is 31.9 Å². The molecule has 73 heavy (non-hydrogen) atoms. The minimum absolute atomic E-state index is 0.115. The van der Waals surface area contributed by atoms with Gasteiger partial charge in [0.2, 0.25) is 41.4 Å². The second kappa shape index (κ2) is 27.4. The lowest BCUT2D eigenvalue weighted by molar-refractivity contribution is -0.160. The molecule has 0 saturated carbocycles. The molecular weight excluding hydrogens is 947 g/mol. The van der Waals surface area contributed by atoms with E-state index in [0.717, 1.165) is 4.90 Å². The zero-order valence-corrected chi connectivity index (χ0v) is 43.5. The van der Waals surface area contributed by atoms with Crippen molar-refractivity contribution >= 4 is 53.3 Å². The quantitative estimate of drug-likeness (QED) is 0.150. The molecule has 1 fully saturated rings. The van der Waals surface area contributed by atoms with Crippen LogP contribution in [-0.4, -0.2) is 149 Å². The number of carbonyl (C=O) groups excluding carboxylic acids is 9. The van der Waals surface area contributed by atoms with Gasteiger partial charge in [0.25, 0.3) is 0 Å². The number of rotatable bonds is 10. The van der Waals surface area contributed by atoms with Crippen molar-refractivity contribution in [2.45, 2.75) is 155 Å². The number of esters is 2. The molecule has 0 spiro atoms. The first-order chi connectivity index (χ1) is 34.5. The smallest absolute Gasteiger partial charge is 0.332 e. The Morgan fingerprint density at radius 3 is 2.07 bits per heavy atom. The molecule has 3 heterocycles. The molecule has 1 aromatic carbocycles. The van der Waals surface area contributed by atoms with Crippen molar-refractivity contribution in [1.82, 2.24) is 36.8 Å². The summed E-state index contributed by atoms with van der Waals surface area (Å²) in [6.45, 7) is 12.8. The van der Waals surface area contributed by atoms with E-state index in [-0.39, 0.29) is 25.2 Å². The van der Waals surface area contributed by atoms with E-state index in [9.17, 15) is 48.6 Å². The normalized spacial score (nSPS) is 28.8. The molecule has 3 aliphatic heterocycles. The van der Waals surface area contributed by atoms with Crippen molar-refractivity contribution in [2.24, 2.45) is 23.7 Å². The first-order valence-corrected chi connectivity index (χ1v) is 25.0. The van der Waals surface area contributed by atoms with Crippen molar-refractivity contribution in [1.29, 1.82) is 0 Å². The number of nitrogens with one attached hydrogen (secondary N) is 6. The number of aliphatic hydroxyl groups is 2. The summed E-state index contributed by atoms with van der Waals surface area (Å²) in [5.74, 6) is -10.3.